The standard InChI is InChI=1S/C14H21NOS/c1-9(16)10(2)17-13-8-11-6-4-5-7-12(11)14(13)15-3/h4-7,9-10,13-16H,8H2,1-3H3. The summed E-state index contributed by atoms with van der Waals surface area (Å²) in [5, 5.41) is 13.8. The molecule has 17 heavy (non-hydrogen) atoms. The summed E-state index contributed by atoms with van der Waals surface area (Å²) in [5.41, 5.74) is 2.87. The molecule has 0 spiro atoms. The van der Waals surface area contributed by atoms with E-state index in [9.17, 15) is 5.11 Å². The molecule has 94 valence electrons. The van der Waals surface area contributed by atoms with E-state index in [0.29, 0.717) is 11.3 Å². The Bertz CT molecular complexity index is 380. The van der Waals surface area contributed by atoms with Crippen LogP contribution in [-0.2, 0) is 6.42 Å². The number of hydrogen-bond donors (Lipinski definition) is 2. The van der Waals surface area contributed by atoms with Gasteiger partial charge in [-0.1, -0.05) is 31.2 Å². The maximum atomic E-state index is 9.62. The highest BCUT2D eigenvalue weighted by atomic mass is 32.2. The first-order chi connectivity index (χ1) is 8.13. The molecule has 0 fully saturated rings. The van der Waals surface area contributed by atoms with Crippen LogP contribution in [0.4, 0.5) is 0 Å². The maximum Gasteiger partial charge on any atom is 0.0628 e. The Morgan fingerprint density at radius 3 is 2.71 bits per heavy atom. The molecule has 0 amide bonds. The Balaban J connectivity index is 2.12. The SMILES string of the molecule is CNC1c2ccccc2CC1SC(C)C(C)O. The lowest BCUT2D eigenvalue weighted by molar-refractivity contribution is 0.196. The second kappa shape index (κ2) is 5.42. The summed E-state index contributed by atoms with van der Waals surface area (Å²) in [7, 11) is 2.02. The van der Waals surface area contributed by atoms with E-state index in [2.05, 4.69) is 36.5 Å². The van der Waals surface area contributed by atoms with Crippen molar-refractivity contribution < 1.29 is 5.11 Å². The van der Waals surface area contributed by atoms with E-state index < -0.39 is 0 Å². The van der Waals surface area contributed by atoms with Gasteiger partial charge in [0.15, 0.2) is 0 Å². The van der Waals surface area contributed by atoms with Gasteiger partial charge in [-0.25, -0.2) is 0 Å². The fourth-order valence-electron chi connectivity index (χ4n) is 2.42. The molecule has 1 aliphatic rings. The van der Waals surface area contributed by atoms with Crippen LogP contribution in [-0.4, -0.2) is 28.8 Å². The van der Waals surface area contributed by atoms with E-state index in [-0.39, 0.29) is 11.4 Å². The van der Waals surface area contributed by atoms with Crippen LogP contribution >= 0.6 is 11.8 Å². The maximum absolute atomic E-state index is 9.62. The molecule has 0 radical (unpaired) electrons. The van der Waals surface area contributed by atoms with Crippen LogP contribution in [0.15, 0.2) is 24.3 Å². The molecule has 0 aromatic heterocycles. The minimum absolute atomic E-state index is 0.249. The van der Waals surface area contributed by atoms with Crippen LogP contribution in [0.25, 0.3) is 0 Å². The molecular weight excluding hydrogens is 230 g/mol. The highest BCUT2D eigenvalue weighted by molar-refractivity contribution is 8.00. The Labute approximate surface area is 108 Å². The summed E-state index contributed by atoms with van der Waals surface area (Å²) < 4.78 is 0. The van der Waals surface area contributed by atoms with Gasteiger partial charge in [-0.05, 0) is 31.5 Å². The molecule has 2 N–H and O–H groups in total. The van der Waals surface area contributed by atoms with Crippen LogP contribution in [0.2, 0.25) is 0 Å². The number of nitrogens with one attached hydrogen (secondary N) is 1. The summed E-state index contributed by atoms with van der Waals surface area (Å²) in [6.45, 7) is 3.97. The van der Waals surface area contributed by atoms with Crippen LogP contribution in [0, 0.1) is 0 Å². The average Bonchev–Trinajstić information content (AvgIpc) is 2.65. The summed E-state index contributed by atoms with van der Waals surface area (Å²) in [5.74, 6) is 0. The van der Waals surface area contributed by atoms with Crippen molar-refractivity contribution in [3.05, 3.63) is 35.4 Å². The van der Waals surface area contributed by atoms with Gasteiger partial charge in [0, 0.05) is 16.5 Å². The molecule has 3 heteroatoms. The lowest BCUT2D eigenvalue weighted by atomic mass is 10.1. The van der Waals surface area contributed by atoms with Crippen LogP contribution in [0.5, 0.6) is 0 Å². The Hall–Kier alpha value is -0.510. The largest absolute Gasteiger partial charge is 0.392 e. The van der Waals surface area contributed by atoms with Gasteiger partial charge in [0.25, 0.3) is 0 Å². The molecule has 4 atom stereocenters. The summed E-state index contributed by atoms with van der Waals surface area (Å²) in [6, 6.07) is 9.06. The van der Waals surface area contributed by atoms with Crippen molar-refractivity contribution in [3.8, 4) is 0 Å². The second-order valence-electron chi connectivity index (χ2n) is 4.79. The monoisotopic (exact) mass is 251 g/mol. The second-order valence-corrected chi connectivity index (χ2v) is 6.41. The molecule has 0 aliphatic heterocycles. The van der Waals surface area contributed by atoms with Crippen molar-refractivity contribution in [1.29, 1.82) is 0 Å². The predicted octanol–water partition coefficient (Wildman–Crippen LogP) is 2.37. The van der Waals surface area contributed by atoms with Gasteiger partial charge in [-0.15, -0.1) is 0 Å². The molecular formula is C14H21NOS. The van der Waals surface area contributed by atoms with Gasteiger partial charge in [-0.3, -0.25) is 0 Å². The number of thioether (sulfide) groups is 1. The Morgan fingerprint density at radius 2 is 2.06 bits per heavy atom. The number of aliphatic hydroxyl groups excluding tert-OH is 1. The van der Waals surface area contributed by atoms with Gasteiger partial charge in [0.1, 0.15) is 0 Å². The van der Waals surface area contributed by atoms with E-state index in [1.807, 2.05) is 25.7 Å². The number of hydrogen-bond acceptors (Lipinski definition) is 3. The zero-order chi connectivity index (χ0) is 12.4. The van der Waals surface area contributed by atoms with Gasteiger partial charge in [0.05, 0.1) is 6.10 Å². The van der Waals surface area contributed by atoms with E-state index in [0.717, 1.165) is 6.42 Å². The third-order valence-corrected chi connectivity index (χ3v) is 5.17. The van der Waals surface area contributed by atoms with Crippen molar-refractivity contribution in [3.63, 3.8) is 0 Å². The fourth-order valence-corrected chi connectivity index (χ4v) is 3.91. The Morgan fingerprint density at radius 1 is 1.35 bits per heavy atom. The van der Waals surface area contributed by atoms with Crippen molar-refractivity contribution >= 4 is 11.8 Å². The first-order valence-corrected chi connectivity index (χ1v) is 7.16. The molecule has 1 aliphatic carbocycles. The summed E-state index contributed by atoms with van der Waals surface area (Å²) in [4.78, 5) is 0. The van der Waals surface area contributed by atoms with Gasteiger partial charge in [0.2, 0.25) is 0 Å². The first kappa shape index (κ1) is 12.9. The highest BCUT2D eigenvalue weighted by Gasteiger charge is 2.33. The van der Waals surface area contributed by atoms with Crippen LogP contribution in [0.3, 0.4) is 0 Å². The molecule has 1 aromatic carbocycles. The van der Waals surface area contributed by atoms with Crippen molar-refractivity contribution in [2.24, 2.45) is 0 Å². The smallest absolute Gasteiger partial charge is 0.0628 e. The van der Waals surface area contributed by atoms with Crippen LogP contribution < -0.4 is 5.32 Å². The van der Waals surface area contributed by atoms with Crippen molar-refractivity contribution in [1.82, 2.24) is 5.32 Å². The third kappa shape index (κ3) is 2.67. The van der Waals surface area contributed by atoms with Crippen molar-refractivity contribution in [2.75, 3.05) is 7.05 Å². The summed E-state index contributed by atoms with van der Waals surface area (Å²) in [6.07, 6.45) is 0.852. The topological polar surface area (TPSA) is 32.3 Å². The molecule has 0 heterocycles. The first-order valence-electron chi connectivity index (χ1n) is 6.22. The number of rotatable bonds is 4. The third-order valence-electron chi connectivity index (χ3n) is 3.56. The summed E-state index contributed by atoms with van der Waals surface area (Å²) >= 11 is 1.89. The Kier molecular flexibility index (Phi) is 4.13. The molecule has 0 bridgehead atoms. The molecule has 2 nitrogen and oxygen atoms in total. The minimum atomic E-state index is -0.249. The molecule has 0 saturated carbocycles. The lowest BCUT2D eigenvalue weighted by Gasteiger charge is -2.24. The average molecular weight is 251 g/mol. The van der Waals surface area contributed by atoms with E-state index in [1.54, 1.807) is 0 Å². The van der Waals surface area contributed by atoms with E-state index >= 15 is 0 Å². The quantitative estimate of drug-likeness (QED) is 0.862. The predicted molar refractivity (Wildman–Crippen MR) is 74.5 cm³/mol. The minimum Gasteiger partial charge on any atom is -0.392 e. The molecule has 0 saturated heterocycles. The van der Waals surface area contributed by atoms with Gasteiger partial charge >= 0.3 is 0 Å². The lowest BCUT2D eigenvalue weighted by Crippen LogP contribution is -2.27. The number of fused-ring (bicyclic) bond motifs is 1. The van der Waals surface area contributed by atoms with E-state index in [1.165, 1.54) is 11.1 Å². The molecule has 2 rings (SSSR count). The van der Waals surface area contributed by atoms with E-state index in [4.69, 9.17) is 0 Å². The molecule has 1 aromatic rings. The van der Waals surface area contributed by atoms with Crippen molar-refractivity contribution in [2.45, 2.75) is 42.9 Å². The van der Waals surface area contributed by atoms with Gasteiger partial charge in [-0.2, -0.15) is 11.8 Å². The number of aliphatic hydroxyl groups is 1. The fraction of sp³-hybridized carbons (Fsp3) is 0.571. The highest BCUT2D eigenvalue weighted by Crippen LogP contribution is 2.40. The van der Waals surface area contributed by atoms with Gasteiger partial charge < -0.3 is 10.4 Å². The normalized spacial score (nSPS) is 26.6. The molecule has 4 unspecified atom stereocenters. The number of benzene rings is 1. The zero-order valence-electron chi connectivity index (χ0n) is 10.7. The van der Waals surface area contributed by atoms with Crippen LogP contribution in [0.1, 0.15) is 31.0 Å². The zero-order valence-corrected chi connectivity index (χ0v) is 11.5.